The summed E-state index contributed by atoms with van der Waals surface area (Å²) < 4.78 is 16.9. The highest BCUT2D eigenvalue weighted by Gasteiger charge is 2.19. The van der Waals surface area contributed by atoms with E-state index in [-0.39, 0.29) is 31.1 Å². The van der Waals surface area contributed by atoms with E-state index in [0.717, 1.165) is 69.6 Å². The van der Waals surface area contributed by atoms with Gasteiger partial charge in [-0.25, -0.2) is 0 Å². The number of carbonyl (C=O) groups excluding carboxylic acids is 3. The van der Waals surface area contributed by atoms with Crippen LogP contribution in [0, 0.1) is 11.8 Å². The second-order valence-corrected chi connectivity index (χ2v) is 21.0. The number of hydrogen-bond acceptors (Lipinski definition) is 6. The van der Waals surface area contributed by atoms with E-state index in [0.29, 0.717) is 19.3 Å². The number of hydrogen-bond donors (Lipinski definition) is 0. The summed E-state index contributed by atoms with van der Waals surface area (Å²) in [6, 6.07) is 0. The van der Waals surface area contributed by atoms with Gasteiger partial charge >= 0.3 is 17.9 Å². The van der Waals surface area contributed by atoms with E-state index >= 15 is 0 Å². The second-order valence-electron chi connectivity index (χ2n) is 21.0. The molecule has 0 aromatic heterocycles. The van der Waals surface area contributed by atoms with Gasteiger partial charge in [0.1, 0.15) is 13.2 Å². The van der Waals surface area contributed by atoms with Crippen LogP contribution in [0.15, 0.2) is 0 Å². The monoisotopic (exact) mass is 919 g/mol. The van der Waals surface area contributed by atoms with Crippen molar-refractivity contribution in [1.82, 2.24) is 0 Å². The fourth-order valence-electron chi connectivity index (χ4n) is 9.02. The van der Waals surface area contributed by atoms with Gasteiger partial charge in [0, 0.05) is 19.3 Å². The van der Waals surface area contributed by atoms with Crippen LogP contribution >= 0.6 is 0 Å². The molecule has 0 aliphatic heterocycles. The maximum atomic E-state index is 12.8. The zero-order chi connectivity index (χ0) is 47.5. The zero-order valence-corrected chi connectivity index (χ0v) is 44.6. The lowest BCUT2D eigenvalue weighted by Gasteiger charge is -2.18. The zero-order valence-electron chi connectivity index (χ0n) is 44.6. The van der Waals surface area contributed by atoms with E-state index in [9.17, 15) is 14.4 Å². The van der Waals surface area contributed by atoms with Crippen molar-refractivity contribution >= 4 is 17.9 Å². The summed E-state index contributed by atoms with van der Waals surface area (Å²) in [5.74, 6) is 0.906. The Bertz CT molecular complexity index is 995. The van der Waals surface area contributed by atoms with Crippen LogP contribution < -0.4 is 0 Å². The molecule has 0 fully saturated rings. The average Bonchev–Trinajstić information content (AvgIpc) is 3.29. The molecule has 0 aromatic carbocycles. The Kier molecular flexibility index (Phi) is 50.5. The van der Waals surface area contributed by atoms with Gasteiger partial charge in [-0.2, -0.15) is 0 Å². The smallest absolute Gasteiger partial charge is 0.306 e. The SMILES string of the molecule is CCCCCCCCCCCCCC(=O)O[C@H](COC(=O)CCCCCCCCCCCCCCCCCC(C)C)COC(=O)CCCCCCCCCCCCCCCCC(C)CC. The lowest BCUT2D eigenvalue weighted by atomic mass is 9.99. The largest absolute Gasteiger partial charge is 0.462 e. The van der Waals surface area contributed by atoms with Gasteiger partial charge in [0.05, 0.1) is 0 Å². The number of carbonyl (C=O) groups is 3. The van der Waals surface area contributed by atoms with Crippen LogP contribution in [0.3, 0.4) is 0 Å². The fourth-order valence-corrected chi connectivity index (χ4v) is 9.02. The highest BCUT2D eigenvalue weighted by atomic mass is 16.6. The molecular formula is C59H114O6. The Labute approximate surface area is 406 Å². The summed E-state index contributed by atoms with van der Waals surface area (Å²) in [7, 11) is 0. The predicted molar refractivity (Wildman–Crippen MR) is 280 cm³/mol. The Morgan fingerprint density at radius 3 is 0.877 bits per heavy atom. The van der Waals surface area contributed by atoms with E-state index in [1.54, 1.807) is 0 Å². The molecule has 0 aliphatic carbocycles. The van der Waals surface area contributed by atoms with Gasteiger partial charge in [-0.3, -0.25) is 14.4 Å². The molecule has 0 bridgehead atoms. The Balaban J connectivity index is 4.24. The molecule has 0 saturated heterocycles. The maximum absolute atomic E-state index is 12.8. The minimum absolute atomic E-state index is 0.0626. The number of ether oxygens (including phenoxy) is 3. The Hall–Kier alpha value is -1.59. The minimum Gasteiger partial charge on any atom is -0.462 e. The van der Waals surface area contributed by atoms with Crippen molar-refractivity contribution in [2.24, 2.45) is 11.8 Å². The maximum Gasteiger partial charge on any atom is 0.306 e. The predicted octanol–water partition coefficient (Wildman–Crippen LogP) is 19.3. The van der Waals surface area contributed by atoms with Gasteiger partial charge in [-0.15, -0.1) is 0 Å². The van der Waals surface area contributed by atoms with Crippen molar-refractivity contribution in [2.45, 2.75) is 336 Å². The van der Waals surface area contributed by atoms with Gasteiger partial charge < -0.3 is 14.2 Å². The normalized spacial score (nSPS) is 12.5. The van der Waals surface area contributed by atoms with Gasteiger partial charge in [-0.05, 0) is 31.1 Å². The van der Waals surface area contributed by atoms with E-state index in [1.807, 2.05) is 0 Å². The van der Waals surface area contributed by atoms with Crippen LogP contribution in [-0.2, 0) is 28.6 Å². The molecular weight excluding hydrogens is 805 g/mol. The quantitative estimate of drug-likeness (QED) is 0.0344. The number of rotatable bonds is 53. The van der Waals surface area contributed by atoms with Gasteiger partial charge in [0.15, 0.2) is 6.10 Å². The summed E-state index contributed by atoms with van der Waals surface area (Å²) >= 11 is 0. The second kappa shape index (κ2) is 51.8. The first-order chi connectivity index (χ1) is 31.8. The first-order valence-electron chi connectivity index (χ1n) is 29.3. The third-order valence-corrected chi connectivity index (χ3v) is 13.8. The van der Waals surface area contributed by atoms with Crippen molar-refractivity contribution in [1.29, 1.82) is 0 Å². The molecule has 0 radical (unpaired) electrons. The van der Waals surface area contributed by atoms with E-state index in [2.05, 4.69) is 34.6 Å². The molecule has 0 rings (SSSR count). The number of esters is 3. The molecule has 1 unspecified atom stereocenters. The first kappa shape index (κ1) is 63.4. The molecule has 6 nitrogen and oxygen atoms in total. The van der Waals surface area contributed by atoms with Gasteiger partial charge in [0.2, 0.25) is 0 Å². The third kappa shape index (κ3) is 51.6. The average molecular weight is 920 g/mol. The molecule has 0 aromatic rings. The van der Waals surface area contributed by atoms with Gasteiger partial charge in [0.25, 0.3) is 0 Å². The van der Waals surface area contributed by atoms with Crippen molar-refractivity contribution in [3.8, 4) is 0 Å². The van der Waals surface area contributed by atoms with Crippen LogP contribution in [-0.4, -0.2) is 37.2 Å². The summed E-state index contributed by atoms with van der Waals surface area (Å²) in [5.41, 5.74) is 0. The van der Waals surface area contributed by atoms with Crippen molar-refractivity contribution in [3.63, 3.8) is 0 Å². The van der Waals surface area contributed by atoms with Gasteiger partial charge in [-0.1, -0.05) is 291 Å². The molecule has 0 aliphatic rings. The molecule has 0 N–H and O–H groups in total. The number of unbranched alkanes of at least 4 members (excludes halogenated alkanes) is 37. The molecule has 6 heteroatoms. The van der Waals surface area contributed by atoms with Crippen molar-refractivity contribution < 1.29 is 28.6 Å². The van der Waals surface area contributed by atoms with Crippen LogP contribution in [0.2, 0.25) is 0 Å². The van der Waals surface area contributed by atoms with Crippen LogP contribution in [0.4, 0.5) is 0 Å². The van der Waals surface area contributed by atoms with Crippen molar-refractivity contribution in [2.75, 3.05) is 13.2 Å². The molecule has 0 amide bonds. The molecule has 65 heavy (non-hydrogen) atoms. The van der Waals surface area contributed by atoms with Crippen molar-refractivity contribution in [3.05, 3.63) is 0 Å². The van der Waals surface area contributed by atoms with Crippen LogP contribution in [0.25, 0.3) is 0 Å². The lowest BCUT2D eigenvalue weighted by Crippen LogP contribution is -2.30. The minimum atomic E-state index is -0.762. The van der Waals surface area contributed by atoms with Crippen LogP contribution in [0.1, 0.15) is 330 Å². The molecule has 0 spiro atoms. The van der Waals surface area contributed by atoms with E-state index < -0.39 is 6.10 Å². The lowest BCUT2D eigenvalue weighted by molar-refractivity contribution is -0.167. The summed E-state index contributed by atoms with van der Waals surface area (Å²) in [4.78, 5) is 38.1. The highest BCUT2D eigenvalue weighted by molar-refractivity contribution is 5.71. The summed E-state index contributed by atoms with van der Waals surface area (Å²) in [6.45, 7) is 11.5. The summed E-state index contributed by atoms with van der Waals surface area (Å²) in [5, 5.41) is 0. The fraction of sp³-hybridized carbons (Fsp3) is 0.949. The molecule has 0 saturated carbocycles. The van der Waals surface area contributed by atoms with E-state index in [1.165, 1.54) is 218 Å². The topological polar surface area (TPSA) is 78.9 Å². The molecule has 386 valence electrons. The molecule has 0 heterocycles. The summed E-state index contributed by atoms with van der Waals surface area (Å²) in [6.07, 6.45) is 55.2. The van der Waals surface area contributed by atoms with E-state index in [4.69, 9.17) is 14.2 Å². The highest BCUT2D eigenvalue weighted by Crippen LogP contribution is 2.19. The van der Waals surface area contributed by atoms with Crippen LogP contribution in [0.5, 0.6) is 0 Å². The third-order valence-electron chi connectivity index (χ3n) is 13.8. The Morgan fingerprint density at radius 2 is 0.585 bits per heavy atom. The molecule has 2 atom stereocenters. The Morgan fingerprint density at radius 1 is 0.323 bits per heavy atom. The standard InChI is InChI=1S/C59H114O6/c1-6-8-9-10-11-12-22-31-36-41-46-51-59(62)65-56(52-63-57(60)49-44-39-34-29-25-20-15-13-14-18-23-27-32-37-42-47-54(3)4)53-64-58(61)50-45-40-35-30-26-21-17-16-19-24-28-33-38-43-48-55(5)7-2/h54-56H,6-53H2,1-5H3/t55?,56-/m1/s1. The first-order valence-corrected chi connectivity index (χ1v) is 29.3.